The molecule has 0 unspecified atom stereocenters. The van der Waals surface area contributed by atoms with Gasteiger partial charge in [0.15, 0.2) is 0 Å². The molecule has 28 heavy (non-hydrogen) atoms. The molecule has 1 saturated carbocycles. The van der Waals surface area contributed by atoms with Gasteiger partial charge in [0.05, 0.1) is 12.6 Å². The fraction of sp³-hybridized carbons (Fsp3) is 0.609. The lowest BCUT2D eigenvalue weighted by Gasteiger charge is -2.38. The van der Waals surface area contributed by atoms with Gasteiger partial charge in [-0.15, -0.1) is 6.42 Å². The van der Waals surface area contributed by atoms with Crippen molar-refractivity contribution in [3.8, 4) is 12.3 Å². The maximum Gasteiger partial charge on any atom is 0.237 e. The van der Waals surface area contributed by atoms with Crippen LogP contribution in [0.15, 0.2) is 24.3 Å². The lowest BCUT2D eigenvalue weighted by molar-refractivity contribution is -0.125. The number of nitrogens with one attached hydrogen (secondary N) is 1. The molecule has 2 fully saturated rings. The molecule has 1 heterocycles. The number of nitrogens with zero attached hydrogens (tertiary/aromatic N) is 3. The Kier molecular flexibility index (Phi) is 7.36. The number of hydrogen-bond acceptors (Lipinski definition) is 4. The summed E-state index contributed by atoms with van der Waals surface area (Å²) in [4.78, 5) is 19.7. The number of rotatable bonds is 9. The number of hydrogen-bond donors (Lipinski definition) is 1. The Morgan fingerprint density at radius 2 is 2.07 bits per heavy atom. The van der Waals surface area contributed by atoms with Gasteiger partial charge in [0.1, 0.15) is 0 Å². The predicted octanol–water partition coefficient (Wildman–Crippen LogP) is 1.97. The highest BCUT2D eigenvalue weighted by molar-refractivity contribution is 5.81. The summed E-state index contributed by atoms with van der Waals surface area (Å²) in [6.45, 7) is 11.7. The van der Waals surface area contributed by atoms with E-state index in [0.29, 0.717) is 6.54 Å². The quantitative estimate of drug-likeness (QED) is 0.663. The Bertz CT molecular complexity index is 686. The van der Waals surface area contributed by atoms with Crippen molar-refractivity contribution in [2.24, 2.45) is 5.92 Å². The average molecular weight is 383 g/mol. The normalized spacial score (nSPS) is 18.7. The van der Waals surface area contributed by atoms with E-state index in [4.69, 9.17) is 6.42 Å². The minimum absolute atomic E-state index is 0.0443. The van der Waals surface area contributed by atoms with E-state index in [9.17, 15) is 4.79 Å². The highest BCUT2D eigenvalue weighted by Crippen LogP contribution is 2.30. The number of anilines is 1. The summed E-state index contributed by atoms with van der Waals surface area (Å²) in [5.74, 6) is 3.30. The molecule has 0 radical (unpaired) electrons. The van der Waals surface area contributed by atoms with Gasteiger partial charge >= 0.3 is 0 Å². The summed E-state index contributed by atoms with van der Waals surface area (Å²) in [5, 5.41) is 2.84. The highest BCUT2D eigenvalue weighted by atomic mass is 16.2. The zero-order chi connectivity index (χ0) is 19.9. The van der Waals surface area contributed by atoms with E-state index in [0.717, 1.165) is 51.7 Å². The third kappa shape index (κ3) is 5.98. The standard InChI is InChI=1S/C23H34N4O/c1-4-10-24-23(28)20(3)27(18-21-8-9-21)16-13-25-11-14-26(15-12-25)22-7-5-6-19(2)17-22/h1,5-7,17,20-21H,8-16,18H2,2-3H3,(H,24,28)/t20-/m0/s1. The zero-order valence-corrected chi connectivity index (χ0v) is 17.4. The monoisotopic (exact) mass is 382 g/mol. The molecule has 5 nitrogen and oxygen atoms in total. The third-order valence-corrected chi connectivity index (χ3v) is 5.92. The summed E-state index contributed by atoms with van der Waals surface area (Å²) in [5.41, 5.74) is 2.64. The number of terminal acetylenes is 1. The SMILES string of the molecule is C#CCNC(=O)[C@H](C)N(CCN1CCN(c2cccc(C)c2)CC1)CC1CC1. The molecule has 1 atom stereocenters. The second-order valence-corrected chi connectivity index (χ2v) is 8.20. The lowest BCUT2D eigenvalue weighted by Crippen LogP contribution is -2.51. The van der Waals surface area contributed by atoms with Crippen molar-refractivity contribution in [2.75, 3.05) is 57.3 Å². The smallest absolute Gasteiger partial charge is 0.237 e. The van der Waals surface area contributed by atoms with Crippen LogP contribution in [-0.2, 0) is 4.79 Å². The van der Waals surface area contributed by atoms with Crippen molar-refractivity contribution in [1.82, 2.24) is 15.1 Å². The first-order valence-corrected chi connectivity index (χ1v) is 10.6. The zero-order valence-electron chi connectivity index (χ0n) is 17.4. The van der Waals surface area contributed by atoms with Crippen LogP contribution in [0.4, 0.5) is 5.69 Å². The Hall–Kier alpha value is -2.03. The molecule has 1 saturated heterocycles. The van der Waals surface area contributed by atoms with Gasteiger partial charge in [0, 0.05) is 51.5 Å². The first-order chi connectivity index (χ1) is 13.6. The van der Waals surface area contributed by atoms with Crippen molar-refractivity contribution < 1.29 is 4.79 Å². The Balaban J connectivity index is 1.47. The third-order valence-electron chi connectivity index (χ3n) is 5.92. The number of amides is 1. The van der Waals surface area contributed by atoms with E-state index < -0.39 is 0 Å². The summed E-state index contributed by atoms with van der Waals surface area (Å²) >= 11 is 0. The van der Waals surface area contributed by atoms with Crippen LogP contribution in [0.1, 0.15) is 25.3 Å². The number of piperazine rings is 1. The van der Waals surface area contributed by atoms with Gasteiger partial charge in [-0.25, -0.2) is 0 Å². The van der Waals surface area contributed by atoms with Gasteiger partial charge in [0.25, 0.3) is 0 Å². The molecule has 1 amide bonds. The van der Waals surface area contributed by atoms with E-state index in [-0.39, 0.29) is 11.9 Å². The molecule has 1 aromatic rings. The summed E-state index contributed by atoms with van der Waals surface area (Å²) in [7, 11) is 0. The van der Waals surface area contributed by atoms with Gasteiger partial charge in [-0.2, -0.15) is 0 Å². The van der Waals surface area contributed by atoms with E-state index in [1.807, 2.05) is 6.92 Å². The van der Waals surface area contributed by atoms with E-state index in [2.05, 4.69) is 57.1 Å². The second kappa shape index (κ2) is 9.95. The van der Waals surface area contributed by atoms with Crippen LogP contribution < -0.4 is 10.2 Å². The number of carbonyl (C=O) groups excluding carboxylic acids is 1. The van der Waals surface area contributed by atoms with Gasteiger partial charge in [-0.3, -0.25) is 14.6 Å². The van der Waals surface area contributed by atoms with Crippen molar-refractivity contribution in [3.63, 3.8) is 0 Å². The van der Waals surface area contributed by atoms with Gasteiger partial charge in [-0.05, 0) is 50.3 Å². The van der Waals surface area contributed by atoms with Crippen LogP contribution in [-0.4, -0.2) is 74.1 Å². The molecule has 2 aliphatic rings. The average Bonchev–Trinajstić information content (AvgIpc) is 3.53. The van der Waals surface area contributed by atoms with Crippen molar-refractivity contribution >= 4 is 11.6 Å². The van der Waals surface area contributed by atoms with Gasteiger partial charge < -0.3 is 10.2 Å². The Labute approximate surface area is 170 Å². The van der Waals surface area contributed by atoms with Gasteiger partial charge in [0.2, 0.25) is 5.91 Å². The van der Waals surface area contributed by atoms with E-state index in [1.54, 1.807) is 0 Å². The van der Waals surface area contributed by atoms with Crippen molar-refractivity contribution in [2.45, 2.75) is 32.7 Å². The largest absolute Gasteiger partial charge is 0.369 e. The highest BCUT2D eigenvalue weighted by Gasteiger charge is 2.29. The minimum Gasteiger partial charge on any atom is -0.369 e. The van der Waals surface area contributed by atoms with E-state index >= 15 is 0 Å². The fourth-order valence-electron chi connectivity index (χ4n) is 3.85. The molecule has 3 rings (SSSR count). The summed E-state index contributed by atoms with van der Waals surface area (Å²) in [6.07, 6.45) is 7.86. The molecule has 1 aliphatic carbocycles. The van der Waals surface area contributed by atoms with Crippen LogP contribution in [0.5, 0.6) is 0 Å². The second-order valence-electron chi connectivity index (χ2n) is 8.20. The molecule has 5 heteroatoms. The molecule has 0 aromatic heterocycles. The summed E-state index contributed by atoms with van der Waals surface area (Å²) < 4.78 is 0. The number of aryl methyl sites for hydroxylation is 1. The van der Waals surface area contributed by atoms with Crippen molar-refractivity contribution in [3.05, 3.63) is 29.8 Å². The Morgan fingerprint density at radius 1 is 1.32 bits per heavy atom. The van der Waals surface area contributed by atoms with E-state index in [1.165, 1.54) is 24.1 Å². The Morgan fingerprint density at radius 3 is 2.71 bits per heavy atom. The molecule has 1 aliphatic heterocycles. The van der Waals surface area contributed by atoms with Crippen LogP contribution in [0.25, 0.3) is 0 Å². The number of carbonyl (C=O) groups is 1. The first-order valence-electron chi connectivity index (χ1n) is 10.6. The van der Waals surface area contributed by atoms with Crippen LogP contribution in [0.2, 0.25) is 0 Å². The first kappa shape index (κ1) is 20.7. The molecule has 1 aromatic carbocycles. The molecular weight excluding hydrogens is 348 g/mol. The fourth-order valence-corrected chi connectivity index (χ4v) is 3.85. The van der Waals surface area contributed by atoms with Crippen LogP contribution >= 0.6 is 0 Å². The molecule has 0 bridgehead atoms. The van der Waals surface area contributed by atoms with Crippen molar-refractivity contribution in [1.29, 1.82) is 0 Å². The van der Waals surface area contributed by atoms with Crippen LogP contribution in [0.3, 0.4) is 0 Å². The minimum atomic E-state index is -0.123. The molecular formula is C23H34N4O. The van der Waals surface area contributed by atoms with Gasteiger partial charge in [-0.1, -0.05) is 18.1 Å². The van der Waals surface area contributed by atoms with Crippen LogP contribution in [0, 0.1) is 25.2 Å². The molecule has 1 N–H and O–H groups in total. The maximum absolute atomic E-state index is 12.4. The summed E-state index contributed by atoms with van der Waals surface area (Å²) in [6, 6.07) is 8.64. The molecule has 0 spiro atoms. The lowest BCUT2D eigenvalue weighted by atomic mass is 10.2. The maximum atomic E-state index is 12.4. The topological polar surface area (TPSA) is 38.8 Å². The predicted molar refractivity (Wildman–Crippen MR) is 115 cm³/mol. The molecule has 152 valence electrons. The number of benzene rings is 1.